The van der Waals surface area contributed by atoms with Gasteiger partial charge in [-0.25, -0.2) is 4.79 Å². The number of anilines is 3. The number of carbonyl (C=O) groups excluding carboxylic acids is 2. The molecule has 10 nitrogen and oxygen atoms in total. The lowest BCUT2D eigenvalue weighted by Crippen LogP contribution is -2.51. The maximum absolute atomic E-state index is 13.0. The zero-order chi connectivity index (χ0) is 24.9. The van der Waals surface area contributed by atoms with Gasteiger partial charge < -0.3 is 20.0 Å². The van der Waals surface area contributed by atoms with Crippen LogP contribution < -0.4 is 10.2 Å². The molecule has 35 heavy (non-hydrogen) atoms. The molecule has 1 aliphatic rings. The lowest BCUT2D eigenvalue weighted by atomic mass is 10.1. The molecule has 1 N–H and O–H groups in total. The molecule has 1 saturated heterocycles. The van der Waals surface area contributed by atoms with Gasteiger partial charge in [-0.05, 0) is 48.5 Å². The van der Waals surface area contributed by atoms with Gasteiger partial charge in [0, 0.05) is 74.3 Å². The Kier molecular flexibility index (Phi) is 7.11. The molecule has 0 unspecified atom stereocenters. The van der Waals surface area contributed by atoms with Gasteiger partial charge in [0.2, 0.25) is 0 Å². The molecule has 2 heterocycles. The fourth-order valence-corrected chi connectivity index (χ4v) is 3.96. The third kappa shape index (κ3) is 5.49. The van der Waals surface area contributed by atoms with Gasteiger partial charge in [-0.15, -0.1) is 0 Å². The zero-order valence-corrected chi connectivity index (χ0v) is 19.7. The molecule has 0 bridgehead atoms. The van der Waals surface area contributed by atoms with E-state index < -0.39 is 11.0 Å². The summed E-state index contributed by atoms with van der Waals surface area (Å²) in [6.07, 6.45) is 3.45. The second-order valence-corrected chi connectivity index (χ2v) is 8.35. The topological polar surface area (TPSA) is 112 Å². The highest BCUT2D eigenvalue weighted by atomic mass is 35.5. The molecule has 1 aromatic heterocycles. The maximum atomic E-state index is 13.0. The number of benzene rings is 2. The van der Waals surface area contributed by atoms with Crippen LogP contribution in [0.4, 0.5) is 27.5 Å². The number of nitrogens with one attached hydrogen (secondary N) is 1. The van der Waals surface area contributed by atoms with E-state index in [9.17, 15) is 19.7 Å². The summed E-state index contributed by atoms with van der Waals surface area (Å²) in [5.41, 5.74) is 2.50. The van der Waals surface area contributed by atoms with E-state index in [1.54, 1.807) is 34.3 Å². The molecule has 0 atom stereocenters. The number of nitro groups is 1. The predicted molar refractivity (Wildman–Crippen MR) is 133 cm³/mol. The first-order chi connectivity index (χ1) is 16.8. The fraction of sp³-hybridized carbons (Fsp3) is 0.208. The number of aromatic nitrogens is 1. The van der Waals surface area contributed by atoms with Crippen LogP contribution >= 0.6 is 11.6 Å². The van der Waals surface area contributed by atoms with Gasteiger partial charge in [-0.2, -0.15) is 0 Å². The van der Waals surface area contributed by atoms with Crippen molar-refractivity contribution in [3.05, 3.63) is 87.7 Å². The lowest BCUT2D eigenvalue weighted by Gasteiger charge is -2.34. The first-order valence-corrected chi connectivity index (χ1v) is 11.2. The molecule has 0 saturated carbocycles. The summed E-state index contributed by atoms with van der Waals surface area (Å²) in [5.74, 6) is -0.100. The van der Waals surface area contributed by atoms with Crippen molar-refractivity contribution in [3.63, 3.8) is 0 Å². The summed E-state index contributed by atoms with van der Waals surface area (Å²) in [5, 5.41) is 13.7. The quantitative estimate of drug-likeness (QED) is 0.415. The summed E-state index contributed by atoms with van der Waals surface area (Å²) >= 11 is 5.82. The van der Waals surface area contributed by atoms with Gasteiger partial charge in [0.25, 0.3) is 11.6 Å². The molecule has 3 aromatic rings. The van der Waals surface area contributed by atoms with E-state index in [0.717, 1.165) is 11.4 Å². The van der Waals surface area contributed by atoms with Crippen molar-refractivity contribution < 1.29 is 14.5 Å². The number of carbonyl (C=O) groups is 2. The highest BCUT2D eigenvalue weighted by Gasteiger charge is 2.25. The standard InChI is InChI=1S/C24H23ClN6O4/c1-28(20-8-10-26-11-9-20)19-5-2-17(3-6-19)23(32)29-12-14-30(15-13-29)24(33)27-18-4-7-21(25)22(16-18)31(34)35/h2-11,16H,12-15H2,1H3,(H,27,33). The van der Waals surface area contributed by atoms with E-state index in [4.69, 9.17) is 11.6 Å². The van der Waals surface area contributed by atoms with Crippen molar-refractivity contribution in [1.29, 1.82) is 0 Å². The molecular formula is C24H23ClN6O4. The summed E-state index contributed by atoms with van der Waals surface area (Å²) in [6.45, 7) is 1.45. The smallest absolute Gasteiger partial charge is 0.321 e. The number of halogens is 1. The average molecular weight is 495 g/mol. The number of piperazine rings is 1. The van der Waals surface area contributed by atoms with Gasteiger partial charge in [0.15, 0.2) is 0 Å². The second-order valence-electron chi connectivity index (χ2n) is 7.94. The van der Waals surface area contributed by atoms with Crippen LogP contribution in [0.1, 0.15) is 10.4 Å². The number of nitrogens with zero attached hydrogens (tertiary/aromatic N) is 5. The second kappa shape index (κ2) is 10.4. The normalized spacial score (nSPS) is 13.3. The average Bonchev–Trinajstić information content (AvgIpc) is 2.89. The number of nitro benzene ring substituents is 1. The fourth-order valence-electron chi connectivity index (χ4n) is 3.77. The number of amides is 3. The summed E-state index contributed by atoms with van der Waals surface area (Å²) < 4.78 is 0. The Morgan fingerprint density at radius 3 is 2.20 bits per heavy atom. The van der Waals surface area contributed by atoms with E-state index in [-0.39, 0.29) is 22.3 Å². The van der Waals surface area contributed by atoms with Crippen LogP contribution in [0.15, 0.2) is 67.0 Å². The largest absolute Gasteiger partial charge is 0.345 e. The Morgan fingerprint density at radius 2 is 1.57 bits per heavy atom. The minimum Gasteiger partial charge on any atom is -0.345 e. The maximum Gasteiger partial charge on any atom is 0.321 e. The Bertz CT molecular complexity index is 1230. The highest BCUT2D eigenvalue weighted by Crippen LogP contribution is 2.28. The minimum absolute atomic E-state index is 0.00262. The van der Waals surface area contributed by atoms with E-state index in [1.165, 1.54) is 18.2 Å². The van der Waals surface area contributed by atoms with Crippen LogP contribution in [0.5, 0.6) is 0 Å². The van der Waals surface area contributed by atoms with Crippen LogP contribution in [-0.2, 0) is 0 Å². The van der Waals surface area contributed by atoms with Gasteiger partial charge in [0.05, 0.1) is 4.92 Å². The Labute approximate surface area is 206 Å². The first-order valence-electron chi connectivity index (χ1n) is 10.9. The number of urea groups is 1. The van der Waals surface area contributed by atoms with Crippen molar-refractivity contribution in [3.8, 4) is 0 Å². The van der Waals surface area contributed by atoms with Crippen LogP contribution in [0.3, 0.4) is 0 Å². The molecule has 180 valence electrons. The number of hydrogen-bond acceptors (Lipinski definition) is 6. The Morgan fingerprint density at radius 1 is 0.971 bits per heavy atom. The van der Waals surface area contributed by atoms with E-state index in [0.29, 0.717) is 31.7 Å². The number of rotatable bonds is 5. The van der Waals surface area contributed by atoms with E-state index >= 15 is 0 Å². The minimum atomic E-state index is -0.605. The summed E-state index contributed by atoms with van der Waals surface area (Å²) in [7, 11) is 1.94. The summed E-state index contributed by atoms with van der Waals surface area (Å²) in [6, 6.07) is 14.9. The van der Waals surface area contributed by atoms with E-state index in [2.05, 4.69) is 10.3 Å². The summed E-state index contributed by atoms with van der Waals surface area (Å²) in [4.78, 5) is 45.3. The van der Waals surface area contributed by atoms with Crippen molar-refractivity contribution in [2.24, 2.45) is 0 Å². The van der Waals surface area contributed by atoms with Crippen LogP contribution in [0, 0.1) is 10.1 Å². The zero-order valence-electron chi connectivity index (χ0n) is 18.9. The third-order valence-electron chi connectivity index (χ3n) is 5.80. The molecule has 4 rings (SSSR count). The predicted octanol–water partition coefficient (Wildman–Crippen LogP) is 4.40. The number of pyridine rings is 1. The van der Waals surface area contributed by atoms with Crippen LogP contribution in [0.2, 0.25) is 5.02 Å². The van der Waals surface area contributed by atoms with Crippen LogP contribution in [-0.4, -0.2) is 64.9 Å². The molecule has 0 aliphatic carbocycles. The molecule has 11 heteroatoms. The molecule has 1 fully saturated rings. The van der Waals surface area contributed by atoms with Crippen molar-refractivity contribution in [1.82, 2.24) is 14.8 Å². The monoisotopic (exact) mass is 494 g/mol. The molecular weight excluding hydrogens is 472 g/mol. The number of hydrogen-bond donors (Lipinski definition) is 1. The van der Waals surface area contributed by atoms with Crippen LogP contribution in [0.25, 0.3) is 0 Å². The van der Waals surface area contributed by atoms with Gasteiger partial charge >= 0.3 is 6.03 Å². The Hall–Kier alpha value is -4.18. The highest BCUT2D eigenvalue weighted by molar-refractivity contribution is 6.32. The van der Waals surface area contributed by atoms with Crippen molar-refractivity contribution in [2.45, 2.75) is 0 Å². The van der Waals surface area contributed by atoms with Crippen molar-refractivity contribution >= 4 is 46.3 Å². The SMILES string of the molecule is CN(c1ccncc1)c1ccc(C(=O)N2CCN(C(=O)Nc3ccc(Cl)c([N+](=O)[O-])c3)CC2)cc1. The molecule has 0 spiro atoms. The van der Waals surface area contributed by atoms with Crippen molar-refractivity contribution in [2.75, 3.05) is 43.4 Å². The van der Waals surface area contributed by atoms with Gasteiger partial charge in [-0.1, -0.05) is 11.6 Å². The van der Waals surface area contributed by atoms with E-state index in [1.807, 2.05) is 36.2 Å². The Balaban J connectivity index is 1.33. The molecule has 0 radical (unpaired) electrons. The molecule has 2 aromatic carbocycles. The molecule has 1 aliphatic heterocycles. The lowest BCUT2D eigenvalue weighted by molar-refractivity contribution is -0.384. The third-order valence-corrected chi connectivity index (χ3v) is 6.12. The molecule has 3 amide bonds. The van der Waals surface area contributed by atoms with Gasteiger partial charge in [0.1, 0.15) is 5.02 Å². The first kappa shape index (κ1) is 24.0. The van der Waals surface area contributed by atoms with Gasteiger partial charge in [-0.3, -0.25) is 19.9 Å².